The van der Waals surface area contributed by atoms with Crippen molar-refractivity contribution in [3.8, 4) is 11.1 Å². The smallest absolute Gasteiger partial charge is 0.407 e. The standard InChI is InChI=1S/C27H32N2O5/c1-17(8-6-15-25(30)31)28-26(32)22-13-7-14-24(22)29-27(33)34-16-23-20-11-4-2-9-18(20)19-10-3-5-12-21(19)23/h2-5,9-12,17,22-24H,6-8,13-16H2,1H3,(H,28,32)(H,29,33)(H,30,31). The average molecular weight is 465 g/mol. The molecule has 3 N–H and O–H groups in total. The second kappa shape index (κ2) is 10.7. The fraction of sp³-hybridized carbons (Fsp3) is 0.444. The number of fused-ring (bicyclic) bond motifs is 3. The minimum atomic E-state index is -0.832. The van der Waals surface area contributed by atoms with E-state index in [0.29, 0.717) is 19.3 Å². The Kier molecular flexibility index (Phi) is 7.50. The minimum absolute atomic E-state index is 0.00697. The third kappa shape index (κ3) is 5.41. The van der Waals surface area contributed by atoms with Gasteiger partial charge in [-0.1, -0.05) is 55.0 Å². The Morgan fingerprint density at radius 2 is 1.68 bits per heavy atom. The molecule has 2 aromatic rings. The average Bonchev–Trinajstić information content (AvgIpc) is 3.40. The van der Waals surface area contributed by atoms with E-state index in [1.807, 2.05) is 31.2 Å². The summed E-state index contributed by atoms with van der Waals surface area (Å²) in [5, 5.41) is 14.7. The third-order valence-electron chi connectivity index (χ3n) is 6.92. The van der Waals surface area contributed by atoms with E-state index in [0.717, 1.165) is 24.0 Å². The first kappa shape index (κ1) is 23.8. The zero-order chi connectivity index (χ0) is 24.1. The van der Waals surface area contributed by atoms with Crippen LogP contribution in [0.3, 0.4) is 0 Å². The van der Waals surface area contributed by atoms with Crippen LogP contribution in [0.1, 0.15) is 62.5 Å². The number of carbonyl (C=O) groups excluding carboxylic acids is 2. The van der Waals surface area contributed by atoms with Crippen molar-refractivity contribution in [1.82, 2.24) is 10.6 Å². The van der Waals surface area contributed by atoms with Gasteiger partial charge in [0.25, 0.3) is 0 Å². The SMILES string of the molecule is CC(CCCC(=O)O)NC(=O)C1CCCC1NC(=O)OCC1c2ccccc2-c2ccccc21. The summed E-state index contributed by atoms with van der Waals surface area (Å²) in [7, 11) is 0. The number of amides is 2. The molecule has 7 nitrogen and oxygen atoms in total. The van der Waals surface area contributed by atoms with Gasteiger partial charge in [0.1, 0.15) is 6.61 Å². The molecule has 0 saturated heterocycles. The Bertz CT molecular complexity index is 1010. The Balaban J connectivity index is 1.30. The van der Waals surface area contributed by atoms with Gasteiger partial charge < -0.3 is 20.5 Å². The van der Waals surface area contributed by atoms with E-state index in [-0.39, 0.29) is 42.9 Å². The van der Waals surface area contributed by atoms with Gasteiger partial charge in [0, 0.05) is 24.4 Å². The lowest BCUT2D eigenvalue weighted by atomic mass is 9.98. The Morgan fingerprint density at radius 1 is 1.03 bits per heavy atom. The molecule has 0 heterocycles. The third-order valence-corrected chi connectivity index (χ3v) is 6.92. The van der Waals surface area contributed by atoms with Gasteiger partial charge >= 0.3 is 12.1 Å². The van der Waals surface area contributed by atoms with Gasteiger partial charge in [0.2, 0.25) is 5.91 Å². The number of nitrogens with one attached hydrogen (secondary N) is 2. The molecule has 2 aliphatic rings. The molecule has 3 atom stereocenters. The van der Waals surface area contributed by atoms with Crippen molar-refractivity contribution >= 4 is 18.0 Å². The highest BCUT2D eigenvalue weighted by molar-refractivity contribution is 5.81. The first-order valence-electron chi connectivity index (χ1n) is 12.1. The molecule has 0 bridgehead atoms. The van der Waals surface area contributed by atoms with Gasteiger partial charge in [0.05, 0.1) is 5.92 Å². The molecule has 3 unspecified atom stereocenters. The molecule has 4 rings (SSSR count). The van der Waals surface area contributed by atoms with Crippen molar-refractivity contribution in [3.63, 3.8) is 0 Å². The fourth-order valence-corrected chi connectivity index (χ4v) is 5.22. The summed E-state index contributed by atoms with van der Waals surface area (Å²) >= 11 is 0. The molecule has 0 aromatic heterocycles. The van der Waals surface area contributed by atoms with Crippen LogP contribution in [0.4, 0.5) is 4.79 Å². The van der Waals surface area contributed by atoms with E-state index in [2.05, 4.69) is 34.9 Å². The minimum Gasteiger partial charge on any atom is -0.481 e. The van der Waals surface area contributed by atoms with Crippen LogP contribution in [-0.2, 0) is 14.3 Å². The highest BCUT2D eigenvalue weighted by Crippen LogP contribution is 2.44. The molecule has 34 heavy (non-hydrogen) atoms. The predicted octanol–water partition coefficient (Wildman–Crippen LogP) is 4.45. The predicted molar refractivity (Wildman–Crippen MR) is 128 cm³/mol. The van der Waals surface area contributed by atoms with Crippen molar-refractivity contribution < 1.29 is 24.2 Å². The van der Waals surface area contributed by atoms with Crippen molar-refractivity contribution in [2.45, 2.75) is 63.5 Å². The molecule has 180 valence electrons. The quantitative estimate of drug-likeness (QED) is 0.508. The number of carboxylic acids is 1. The van der Waals surface area contributed by atoms with Crippen LogP contribution in [0.5, 0.6) is 0 Å². The lowest BCUT2D eigenvalue weighted by Gasteiger charge is -2.23. The van der Waals surface area contributed by atoms with Crippen LogP contribution >= 0.6 is 0 Å². The highest BCUT2D eigenvalue weighted by atomic mass is 16.5. The molecule has 0 radical (unpaired) electrons. The Morgan fingerprint density at radius 3 is 2.32 bits per heavy atom. The molecule has 2 amide bonds. The number of alkyl carbamates (subject to hydrolysis) is 1. The largest absolute Gasteiger partial charge is 0.481 e. The molecule has 1 saturated carbocycles. The summed E-state index contributed by atoms with van der Waals surface area (Å²) in [5.74, 6) is -1.24. The van der Waals surface area contributed by atoms with E-state index in [1.165, 1.54) is 11.1 Å². The molecule has 1 fully saturated rings. The number of ether oxygens (including phenoxy) is 1. The van der Waals surface area contributed by atoms with Crippen LogP contribution in [0.2, 0.25) is 0 Å². The summed E-state index contributed by atoms with van der Waals surface area (Å²) in [6.07, 6.45) is 3.02. The van der Waals surface area contributed by atoms with Gasteiger partial charge in [-0.3, -0.25) is 9.59 Å². The number of benzene rings is 2. The molecule has 0 spiro atoms. The van der Waals surface area contributed by atoms with Gasteiger partial charge in [-0.05, 0) is 54.9 Å². The van der Waals surface area contributed by atoms with E-state index in [1.54, 1.807) is 0 Å². The lowest BCUT2D eigenvalue weighted by Crippen LogP contribution is -2.46. The zero-order valence-electron chi connectivity index (χ0n) is 19.5. The topological polar surface area (TPSA) is 105 Å². The maximum atomic E-state index is 12.8. The summed E-state index contributed by atoms with van der Waals surface area (Å²) in [4.78, 5) is 36.1. The highest BCUT2D eigenvalue weighted by Gasteiger charge is 2.35. The molecule has 2 aliphatic carbocycles. The van der Waals surface area contributed by atoms with Crippen LogP contribution in [0, 0.1) is 5.92 Å². The van der Waals surface area contributed by atoms with Gasteiger partial charge in [0.15, 0.2) is 0 Å². The van der Waals surface area contributed by atoms with Crippen LogP contribution in [0.25, 0.3) is 11.1 Å². The van der Waals surface area contributed by atoms with Crippen molar-refractivity contribution in [3.05, 3.63) is 59.7 Å². The van der Waals surface area contributed by atoms with Crippen molar-refractivity contribution in [1.29, 1.82) is 0 Å². The number of rotatable bonds is 9. The fourth-order valence-electron chi connectivity index (χ4n) is 5.22. The second-order valence-electron chi connectivity index (χ2n) is 9.31. The summed E-state index contributed by atoms with van der Waals surface area (Å²) in [5.41, 5.74) is 4.67. The second-order valence-corrected chi connectivity index (χ2v) is 9.31. The number of aliphatic carboxylic acids is 1. The van der Waals surface area contributed by atoms with Crippen LogP contribution in [0.15, 0.2) is 48.5 Å². The molecule has 0 aliphatic heterocycles. The Labute approximate surface area is 199 Å². The first-order chi connectivity index (χ1) is 16.4. The summed E-state index contributed by atoms with van der Waals surface area (Å²) < 4.78 is 5.65. The van der Waals surface area contributed by atoms with Gasteiger partial charge in [-0.15, -0.1) is 0 Å². The van der Waals surface area contributed by atoms with Crippen molar-refractivity contribution in [2.75, 3.05) is 6.61 Å². The van der Waals surface area contributed by atoms with E-state index in [4.69, 9.17) is 9.84 Å². The lowest BCUT2D eigenvalue weighted by molar-refractivity contribution is -0.137. The zero-order valence-corrected chi connectivity index (χ0v) is 19.5. The monoisotopic (exact) mass is 464 g/mol. The van der Waals surface area contributed by atoms with E-state index in [9.17, 15) is 14.4 Å². The normalized spacial score (nSPS) is 19.7. The summed E-state index contributed by atoms with van der Waals surface area (Å²) in [6.45, 7) is 2.12. The number of hydrogen-bond donors (Lipinski definition) is 3. The van der Waals surface area contributed by atoms with E-state index < -0.39 is 12.1 Å². The van der Waals surface area contributed by atoms with Gasteiger partial charge in [-0.25, -0.2) is 4.79 Å². The molecular formula is C27H32N2O5. The number of carbonyl (C=O) groups is 3. The van der Waals surface area contributed by atoms with Crippen LogP contribution < -0.4 is 10.6 Å². The molecular weight excluding hydrogens is 432 g/mol. The summed E-state index contributed by atoms with van der Waals surface area (Å²) in [6, 6.07) is 16.0. The van der Waals surface area contributed by atoms with E-state index >= 15 is 0 Å². The van der Waals surface area contributed by atoms with Gasteiger partial charge in [-0.2, -0.15) is 0 Å². The number of carboxylic acid groups (broad SMARTS) is 1. The maximum absolute atomic E-state index is 12.8. The number of hydrogen-bond acceptors (Lipinski definition) is 4. The van der Waals surface area contributed by atoms with Crippen molar-refractivity contribution in [2.24, 2.45) is 5.92 Å². The molecule has 2 aromatic carbocycles. The Hall–Kier alpha value is -3.35. The first-order valence-corrected chi connectivity index (χ1v) is 12.1. The maximum Gasteiger partial charge on any atom is 0.407 e. The van der Waals surface area contributed by atoms with Crippen LogP contribution in [-0.4, -0.2) is 41.8 Å². The molecule has 7 heteroatoms.